The van der Waals surface area contributed by atoms with Gasteiger partial charge in [-0.25, -0.2) is 0 Å². The molecule has 1 aromatic rings. The molecule has 0 bridgehead atoms. The molecule has 1 aromatic carbocycles. The predicted octanol–water partition coefficient (Wildman–Crippen LogP) is 2.96. The highest BCUT2D eigenvalue weighted by Crippen LogP contribution is 2.14. The van der Waals surface area contributed by atoms with E-state index in [9.17, 15) is 9.59 Å². The van der Waals surface area contributed by atoms with Crippen LogP contribution in [0.3, 0.4) is 0 Å². The molecule has 1 fully saturated rings. The molecule has 0 unspecified atom stereocenters. The number of benzene rings is 1. The lowest BCUT2D eigenvalue weighted by Crippen LogP contribution is -2.40. The molecule has 0 radical (unpaired) electrons. The van der Waals surface area contributed by atoms with E-state index in [-0.39, 0.29) is 11.7 Å². The number of carbonyl (C=O) groups is 2. The van der Waals surface area contributed by atoms with Gasteiger partial charge in [0.25, 0.3) is 0 Å². The van der Waals surface area contributed by atoms with E-state index in [1.807, 2.05) is 12.1 Å². The second-order valence-electron chi connectivity index (χ2n) is 4.94. The molecule has 0 spiro atoms. The molecule has 1 amide bonds. The van der Waals surface area contributed by atoms with Crippen molar-refractivity contribution in [1.29, 1.82) is 0 Å². The van der Waals surface area contributed by atoms with E-state index in [0.29, 0.717) is 19.4 Å². The zero-order valence-corrected chi connectivity index (χ0v) is 12.5. The molecule has 1 aliphatic rings. The third-order valence-corrected chi connectivity index (χ3v) is 3.84. The Kier molecular flexibility index (Phi) is 5.14. The van der Waals surface area contributed by atoms with Crippen molar-refractivity contribution < 1.29 is 9.59 Å². The molecule has 1 heterocycles. The molecule has 4 heteroatoms. The van der Waals surface area contributed by atoms with Crippen molar-refractivity contribution >= 4 is 27.6 Å². The van der Waals surface area contributed by atoms with Gasteiger partial charge in [0.05, 0.1) is 6.54 Å². The maximum Gasteiger partial charge on any atom is 0.222 e. The quantitative estimate of drug-likeness (QED) is 0.854. The lowest BCUT2D eigenvalue weighted by Gasteiger charge is -2.25. The first-order valence-electron chi connectivity index (χ1n) is 6.69. The van der Waals surface area contributed by atoms with Crippen LogP contribution in [0.15, 0.2) is 28.7 Å². The number of nitrogens with zero attached hydrogens (tertiary/aromatic N) is 1. The molecule has 0 aliphatic carbocycles. The zero-order valence-electron chi connectivity index (χ0n) is 10.9. The van der Waals surface area contributed by atoms with Crippen molar-refractivity contribution in [3.05, 3.63) is 34.3 Å². The van der Waals surface area contributed by atoms with Crippen LogP contribution >= 0.6 is 15.9 Å². The predicted molar refractivity (Wildman–Crippen MR) is 77.9 cm³/mol. The van der Waals surface area contributed by atoms with Gasteiger partial charge in [-0.2, -0.15) is 0 Å². The lowest BCUT2D eigenvalue weighted by molar-refractivity contribution is -0.137. The Morgan fingerprint density at radius 3 is 2.95 bits per heavy atom. The highest BCUT2D eigenvalue weighted by Gasteiger charge is 2.20. The van der Waals surface area contributed by atoms with E-state index in [4.69, 9.17) is 0 Å². The number of carbonyl (C=O) groups excluding carboxylic acids is 2. The minimum atomic E-state index is 0.114. The Morgan fingerprint density at radius 2 is 2.21 bits per heavy atom. The Labute approximate surface area is 122 Å². The van der Waals surface area contributed by atoms with Crippen LogP contribution in [0.4, 0.5) is 0 Å². The van der Waals surface area contributed by atoms with Gasteiger partial charge in [-0.3, -0.25) is 9.59 Å². The number of rotatable bonds is 4. The van der Waals surface area contributed by atoms with E-state index in [2.05, 4.69) is 28.1 Å². The number of likely N-dealkylation sites (tertiary alicyclic amines) is 1. The third-order valence-electron chi connectivity index (χ3n) is 3.35. The second-order valence-corrected chi connectivity index (χ2v) is 5.86. The van der Waals surface area contributed by atoms with E-state index in [1.54, 1.807) is 4.90 Å². The number of aryl methyl sites for hydroxylation is 1. The first-order chi connectivity index (χ1) is 9.15. The van der Waals surface area contributed by atoms with Crippen LogP contribution in [0, 0.1) is 0 Å². The monoisotopic (exact) mass is 323 g/mol. The van der Waals surface area contributed by atoms with Gasteiger partial charge in [0.15, 0.2) is 5.78 Å². The Balaban J connectivity index is 1.76. The van der Waals surface area contributed by atoms with Crippen molar-refractivity contribution in [2.45, 2.75) is 32.1 Å². The normalized spacial score (nSPS) is 15.6. The summed E-state index contributed by atoms with van der Waals surface area (Å²) in [5.41, 5.74) is 1.23. The average molecular weight is 324 g/mol. The van der Waals surface area contributed by atoms with Crippen LogP contribution in [0.1, 0.15) is 31.2 Å². The van der Waals surface area contributed by atoms with E-state index in [1.165, 1.54) is 5.56 Å². The van der Waals surface area contributed by atoms with Crippen LogP contribution in [0.5, 0.6) is 0 Å². The molecular weight excluding hydrogens is 306 g/mol. The number of hydrogen-bond donors (Lipinski definition) is 0. The summed E-state index contributed by atoms with van der Waals surface area (Å²) in [6.07, 6.45) is 3.70. The van der Waals surface area contributed by atoms with Crippen molar-refractivity contribution in [2.75, 3.05) is 13.1 Å². The first-order valence-corrected chi connectivity index (χ1v) is 7.48. The summed E-state index contributed by atoms with van der Waals surface area (Å²) < 4.78 is 1.07. The van der Waals surface area contributed by atoms with Gasteiger partial charge in [-0.1, -0.05) is 28.1 Å². The molecule has 102 valence electrons. The molecule has 0 aromatic heterocycles. The Morgan fingerprint density at radius 1 is 1.37 bits per heavy atom. The first kappa shape index (κ1) is 14.3. The Bertz CT molecular complexity index is 473. The minimum Gasteiger partial charge on any atom is -0.335 e. The highest BCUT2D eigenvalue weighted by atomic mass is 79.9. The summed E-state index contributed by atoms with van der Waals surface area (Å²) in [5.74, 6) is 0.301. The summed E-state index contributed by atoms with van der Waals surface area (Å²) in [6, 6.07) is 8.15. The maximum absolute atomic E-state index is 12.0. The van der Waals surface area contributed by atoms with Crippen LogP contribution in [-0.4, -0.2) is 29.7 Å². The number of piperidine rings is 1. The van der Waals surface area contributed by atoms with Gasteiger partial charge in [-0.05, 0) is 37.0 Å². The molecule has 0 saturated carbocycles. The molecular formula is C15H18BrNO2. The van der Waals surface area contributed by atoms with Crippen molar-refractivity contribution in [3.63, 3.8) is 0 Å². The van der Waals surface area contributed by atoms with Gasteiger partial charge in [0, 0.05) is 23.9 Å². The van der Waals surface area contributed by atoms with Gasteiger partial charge in [0.1, 0.15) is 0 Å². The number of halogens is 1. The summed E-state index contributed by atoms with van der Waals surface area (Å²) in [4.78, 5) is 25.0. The van der Waals surface area contributed by atoms with Crippen LogP contribution in [-0.2, 0) is 16.0 Å². The number of ketones is 1. The van der Waals surface area contributed by atoms with E-state index in [0.717, 1.165) is 30.3 Å². The SMILES string of the molecule is O=C1CCCN(C(=O)CCCc2cccc(Br)c2)C1. The van der Waals surface area contributed by atoms with Crippen molar-refractivity contribution in [2.24, 2.45) is 0 Å². The van der Waals surface area contributed by atoms with E-state index < -0.39 is 0 Å². The molecule has 1 saturated heterocycles. The fraction of sp³-hybridized carbons (Fsp3) is 0.467. The zero-order chi connectivity index (χ0) is 13.7. The highest BCUT2D eigenvalue weighted by molar-refractivity contribution is 9.10. The van der Waals surface area contributed by atoms with Gasteiger partial charge >= 0.3 is 0 Å². The molecule has 3 nitrogen and oxygen atoms in total. The fourth-order valence-electron chi connectivity index (χ4n) is 2.35. The number of hydrogen-bond acceptors (Lipinski definition) is 2. The topological polar surface area (TPSA) is 37.4 Å². The third kappa shape index (κ3) is 4.46. The van der Waals surface area contributed by atoms with Crippen molar-refractivity contribution in [1.82, 2.24) is 4.90 Å². The van der Waals surface area contributed by atoms with Crippen LogP contribution in [0.25, 0.3) is 0 Å². The number of Topliss-reactive ketones (excluding diaryl/α,β-unsaturated/α-hetero) is 1. The van der Waals surface area contributed by atoms with Gasteiger partial charge < -0.3 is 4.90 Å². The molecule has 1 aliphatic heterocycles. The van der Waals surface area contributed by atoms with Crippen molar-refractivity contribution in [3.8, 4) is 0 Å². The lowest BCUT2D eigenvalue weighted by atomic mass is 10.1. The second kappa shape index (κ2) is 6.85. The largest absolute Gasteiger partial charge is 0.335 e. The van der Waals surface area contributed by atoms with Crippen LogP contribution in [0.2, 0.25) is 0 Å². The minimum absolute atomic E-state index is 0.114. The molecule has 19 heavy (non-hydrogen) atoms. The molecule has 2 rings (SSSR count). The average Bonchev–Trinajstić information content (AvgIpc) is 2.38. The van der Waals surface area contributed by atoms with E-state index >= 15 is 0 Å². The van der Waals surface area contributed by atoms with Gasteiger partial charge in [0.2, 0.25) is 5.91 Å². The summed E-state index contributed by atoms with van der Waals surface area (Å²) in [7, 11) is 0. The molecule has 0 N–H and O–H groups in total. The summed E-state index contributed by atoms with van der Waals surface area (Å²) in [5, 5.41) is 0. The summed E-state index contributed by atoms with van der Waals surface area (Å²) >= 11 is 3.44. The smallest absolute Gasteiger partial charge is 0.222 e. The summed E-state index contributed by atoms with van der Waals surface area (Å²) in [6.45, 7) is 1.05. The number of amides is 1. The fourth-order valence-corrected chi connectivity index (χ4v) is 2.79. The van der Waals surface area contributed by atoms with Gasteiger partial charge in [-0.15, -0.1) is 0 Å². The Hall–Kier alpha value is -1.16. The standard InChI is InChI=1S/C15H18BrNO2/c16-13-6-1-4-12(10-13)5-2-8-15(19)17-9-3-7-14(18)11-17/h1,4,6,10H,2-3,5,7-9,11H2. The molecule has 0 atom stereocenters. The maximum atomic E-state index is 12.0. The van der Waals surface area contributed by atoms with Crippen LogP contribution < -0.4 is 0 Å².